The van der Waals surface area contributed by atoms with Crippen molar-refractivity contribution >= 4 is 40.8 Å². The number of hydrogen-bond donors (Lipinski definition) is 2. The number of nitro groups is 1. The van der Waals surface area contributed by atoms with Crippen molar-refractivity contribution in [2.75, 3.05) is 5.32 Å². The molecule has 186 valence electrons. The highest BCUT2D eigenvalue weighted by Gasteiger charge is 2.37. The Hall–Kier alpha value is -3.63. The summed E-state index contributed by atoms with van der Waals surface area (Å²) in [5.74, 6) is -0.608. The molecule has 2 N–H and O–H groups in total. The number of rotatable bonds is 7. The fourth-order valence-electron chi connectivity index (χ4n) is 3.93. The van der Waals surface area contributed by atoms with Gasteiger partial charge in [0.05, 0.1) is 28.1 Å². The summed E-state index contributed by atoms with van der Waals surface area (Å²) in [6.07, 6.45) is -0.378. The van der Waals surface area contributed by atoms with Crippen LogP contribution in [-0.4, -0.2) is 27.0 Å². The minimum Gasteiger partial charge on any atom is -0.460 e. The van der Waals surface area contributed by atoms with E-state index in [0.29, 0.717) is 33.0 Å². The van der Waals surface area contributed by atoms with Gasteiger partial charge in [-0.2, -0.15) is 0 Å². The highest BCUT2D eigenvalue weighted by molar-refractivity contribution is 7.98. The van der Waals surface area contributed by atoms with Crippen LogP contribution in [0.4, 0.5) is 11.5 Å². The first-order valence-corrected chi connectivity index (χ1v) is 12.5. The summed E-state index contributed by atoms with van der Waals surface area (Å²) in [5, 5.41) is 15.2. The summed E-state index contributed by atoms with van der Waals surface area (Å²) in [4.78, 5) is 44.5. The van der Waals surface area contributed by atoms with Crippen LogP contribution in [-0.2, 0) is 15.3 Å². The normalized spacial score (nSPS) is 14.9. The molecule has 2 aromatic carbocycles. The zero-order chi connectivity index (χ0) is 26.0. The molecule has 9 nitrogen and oxygen atoms in total. The zero-order valence-electron chi connectivity index (χ0n) is 19.7. The predicted molar refractivity (Wildman–Crippen MR) is 138 cm³/mol. The molecule has 0 aliphatic carbocycles. The average Bonchev–Trinajstić information content (AvgIpc) is 2.82. The Morgan fingerprint density at radius 2 is 1.92 bits per heavy atom. The molecule has 1 aliphatic rings. The number of anilines is 1. The van der Waals surface area contributed by atoms with Crippen LogP contribution in [0.1, 0.15) is 43.4 Å². The van der Waals surface area contributed by atoms with E-state index in [0.717, 1.165) is 5.56 Å². The molecule has 0 spiro atoms. The van der Waals surface area contributed by atoms with Crippen LogP contribution in [0.2, 0.25) is 5.02 Å². The lowest BCUT2D eigenvalue weighted by Gasteiger charge is -2.29. The molecule has 0 saturated heterocycles. The van der Waals surface area contributed by atoms with Crippen LogP contribution >= 0.6 is 23.4 Å². The van der Waals surface area contributed by atoms with Gasteiger partial charge in [0.2, 0.25) is 0 Å². The molecule has 0 amide bonds. The fraction of sp³-hybridized carbons (Fsp3) is 0.240. The fourth-order valence-corrected chi connectivity index (χ4v) is 5.08. The largest absolute Gasteiger partial charge is 0.460 e. The Morgan fingerprint density at radius 1 is 1.22 bits per heavy atom. The molecule has 4 rings (SSSR count). The summed E-state index contributed by atoms with van der Waals surface area (Å²) in [5.41, 5.74) is 1.86. The van der Waals surface area contributed by atoms with Gasteiger partial charge in [0, 0.05) is 28.6 Å². The Labute approximate surface area is 216 Å². The van der Waals surface area contributed by atoms with Crippen molar-refractivity contribution in [2.45, 2.75) is 43.7 Å². The number of halogens is 1. The van der Waals surface area contributed by atoms with Crippen molar-refractivity contribution in [3.8, 4) is 0 Å². The van der Waals surface area contributed by atoms with Crippen LogP contribution in [0.3, 0.4) is 0 Å². The highest BCUT2D eigenvalue weighted by atomic mass is 35.5. The van der Waals surface area contributed by atoms with Crippen LogP contribution in [0.5, 0.6) is 0 Å². The number of hydrogen-bond acceptors (Lipinski definition) is 8. The van der Waals surface area contributed by atoms with E-state index < -0.39 is 22.4 Å². The second-order valence-corrected chi connectivity index (χ2v) is 9.78. The number of thioether (sulfide) groups is 1. The zero-order valence-corrected chi connectivity index (χ0v) is 21.3. The monoisotopic (exact) mass is 526 g/mol. The molecule has 36 heavy (non-hydrogen) atoms. The summed E-state index contributed by atoms with van der Waals surface area (Å²) >= 11 is 7.57. The Kier molecular flexibility index (Phi) is 7.46. The third-order valence-corrected chi connectivity index (χ3v) is 6.83. The van der Waals surface area contributed by atoms with E-state index in [9.17, 15) is 19.7 Å². The van der Waals surface area contributed by atoms with Gasteiger partial charge in [0.1, 0.15) is 5.82 Å². The molecule has 3 aromatic rings. The standard InChI is InChI=1S/C25H23ClN4O5S/c1-13(2)35-24(32)19-14(3)27-22-21(20(19)15-8-10-17(11-9-15)30(33)34)23(31)29-25(28-22)36-12-16-6-4-5-7-18(16)26/h4-11,13,20H,12H2,1-3H3,(H2,27,28,29,31). The number of carbonyl (C=O) groups is 1. The van der Waals surface area contributed by atoms with E-state index in [1.54, 1.807) is 26.8 Å². The molecule has 1 aliphatic heterocycles. The van der Waals surface area contributed by atoms with Gasteiger partial charge in [-0.25, -0.2) is 9.78 Å². The van der Waals surface area contributed by atoms with Crippen LogP contribution in [0, 0.1) is 10.1 Å². The van der Waals surface area contributed by atoms with Gasteiger partial charge >= 0.3 is 5.97 Å². The van der Waals surface area contributed by atoms with Crippen molar-refractivity contribution in [1.29, 1.82) is 0 Å². The first-order chi connectivity index (χ1) is 17.2. The Bertz CT molecular complexity index is 1420. The van der Waals surface area contributed by atoms with E-state index in [1.165, 1.54) is 36.0 Å². The SMILES string of the molecule is CC1=C(C(=O)OC(C)C)C(c2ccc([N+](=O)[O-])cc2)c2c(nc(SCc3ccccc3Cl)[nH]c2=O)N1. The number of benzene rings is 2. The second kappa shape index (κ2) is 10.5. The number of nitrogens with one attached hydrogen (secondary N) is 2. The summed E-state index contributed by atoms with van der Waals surface area (Å²) < 4.78 is 5.46. The predicted octanol–water partition coefficient (Wildman–Crippen LogP) is 5.41. The van der Waals surface area contributed by atoms with Crippen molar-refractivity contribution in [3.05, 3.63) is 102 Å². The number of aromatic nitrogens is 2. The van der Waals surface area contributed by atoms with Crippen molar-refractivity contribution in [1.82, 2.24) is 9.97 Å². The van der Waals surface area contributed by atoms with Gasteiger partial charge in [-0.15, -0.1) is 0 Å². The van der Waals surface area contributed by atoms with Gasteiger partial charge in [-0.1, -0.05) is 53.7 Å². The molecule has 0 bridgehead atoms. The maximum Gasteiger partial charge on any atom is 0.337 e. The van der Waals surface area contributed by atoms with Crippen LogP contribution in [0.25, 0.3) is 0 Å². The molecule has 11 heteroatoms. The topological polar surface area (TPSA) is 127 Å². The van der Waals surface area contributed by atoms with E-state index >= 15 is 0 Å². The number of H-pyrrole nitrogens is 1. The third-order valence-electron chi connectivity index (χ3n) is 5.54. The number of esters is 1. The quantitative estimate of drug-likeness (QED) is 0.137. The van der Waals surface area contributed by atoms with E-state index in [2.05, 4.69) is 15.3 Å². The van der Waals surface area contributed by atoms with E-state index in [-0.39, 0.29) is 22.9 Å². The molecular weight excluding hydrogens is 504 g/mol. The van der Waals surface area contributed by atoms with Gasteiger partial charge in [-0.05, 0) is 38.0 Å². The average molecular weight is 527 g/mol. The lowest BCUT2D eigenvalue weighted by Crippen LogP contribution is -2.31. The van der Waals surface area contributed by atoms with Crippen molar-refractivity contribution in [3.63, 3.8) is 0 Å². The van der Waals surface area contributed by atoms with E-state index in [1.807, 2.05) is 18.2 Å². The minimum atomic E-state index is -0.827. The number of allylic oxidation sites excluding steroid dienone is 1. The second-order valence-electron chi connectivity index (χ2n) is 8.41. The number of aromatic amines is 1. The van der Waals surface area contributed by atoms with Crippen molar-refractivity contribution in [2.24, 2.45) is 0 Å². The Morgan fingerprint density at radius 3 is 2.56 bits per heavy atom. The number of non-ortho nitro benzene ring substituents is 1. The summed E-state index contributed by atoms with van der Waals surface area (Å²) in [6.45, 7) is 5.17. The minimum absolute atomic E-state index is 0.0988. The molecule has 0 fully saturated rings. The molecule has 1 unspecified atom stereocenters. The molecule has 2 heterocycles. The van der Waals surface area contributed by atoms with Crippen molar-refractivity contribution < 1.29 is 14.5 Å². The molecule has 1 atom stereocenters. The van der Waals surface area contributed by atoms with Crippen LogP contribution < -0.4 is 10.9 Å². The first-order valence-electron chi connectivity index (χ1n) is 11.1. The van der Waals surface area contributed by atoms with Crippen LogP contribution in [0.15, 0.2) is 69.8 Å². The van der Waals surface area contributed by atoms with Gasteiger partial charge < -0.3 is 15.0 Å². The number of nitro benzene ring substituents is 1. The summed E-state index contributed by atoms with van der Waals surface area (Å²) in [7, 11) is 0. The van der Waals surface area contributed by atoms with E-state index in [4.69, 9.17) is 16.3 Å². The first kappa shape index (κ1) is 25.5. The van der Waals surface area contributed by atoms with Gasteiger partial charge in [0.15, 0.2) is 5.16 Å². The number of ether oxygens (including phenoxy) is 1. The third kappa shape index (κ3) is 5.29. The smallest absolute Gasteiger partial charge is 0.337 e. The van der Waals surface area contributed by atoms with Gasteiger partial charge in [0.25, 0.3) is 11.2 Å². The maximum atomic E-state index is 13.4. The molecular formula is C25H23ClN4O5S. The number of fused-ring (bicyclic) bond motifs is 1. The lowest BCUT2D eigenvalue weighted by molar-refractivity contribution is -0.384. The highest BCUT2D eigenvalue weighted by Crippen LogP contribution is 2.40. The molecule has 0 radical (unpaired) electrons. The lowest BCUT2D eigenvalue weighted by atomic mass is 9.82. The van der Waals surface area contributed by atoms with Gasteiger partial charge in [-0.3, -0.25) is 14.9 Å². The molecule has 0 saturated carbocycles. The number of carbonyl (C=O) groups excluding carboxylic acids is 1. The number of nitrogens with zero attached hydrogens (tertiary/aromatic N) is 2. The maximum absolute atomic E-state index is 13.4. The Balaban J connectivity index is 1.77. The summed E-state index contributed by atoms with van der Waals surface area (Å²) in [6, 6.07) is 13.2. The molecule has 1 aromatic heterocycles.